The van der Waals surface area contributed by atoms with Crippen LogP contribution in [-0.4, -0.2) is 40.7 Å². The molecule has 0 bridgehead atoms. The number of nitrogens with zero attached hydrogens (tertiary/aromatic N) is 3. The van der Waals surface area contributed by atoms with Crippen LogP contribution in [-0.2, 0) is 13.0 Å². The molecule has 0 fully saturated rings. The van der Waals surface area contributed by atoms with Gasteiger partial charge in [-0.1, -0.05) is 54.9 Å². The molecule has 2 aromatic carbocycles. The third kappa shape index (κ3) is 5.00. The standard InChI is InChI=1S/C22H25ClN4O/c1-3-21-20(15-25-27(21)19-11-7-10-18(23)14-19)22(28)24-12-13-26(2)16-17-8-5-4-6-9-17/h4-11,14-15H,3,12-13,16H2,1-2H3,(H,24,28). The van der Waals surface area contributed by atoms with Gasteiger partial charge in [0.15, 0.2) is 0 Å². The van der Waals surface area contributed by atoms with Crippen LogP contribution in [0.3, 0.4) is 0 Å². The number of aromatic nitrogens is 2. The van der Waals surface area contributed by atoms with Crippen LogP contribution >= 0.6 is 11.6 Å². The van der Waals surface area contributed by atoms with E-state index in [1.165, 1.54) is 5.56 Å². The van der Waals surface area contributed by atoms with Crippen molar-refractivity contribution in [3.05, 3.63) is 82.6 Å². The molecule has 1 aromatic heterocycles. The molecule has 6 heteroatoms. The zero-order valence-electron chi connectivity index (χ0n) is 16.2. The molecule has 1 amide bonds. The SMILES string of the molecule is CCc1c(C(=O)NCCN(C)Cc2ccccc2)cnn1-c1cccc(Cl)c1. The second kappa shape index (κ2) is 9.53. The molecule has 0 saturated heterocycles. The Kier molecular flexibility index (Phi) is 6.85. The molecule has 0 spiro atoms. The van der Waals surface area contributed by atoms with E-state index in [1.54, 1.807) is 10.9 Å². The third-order valence-corrected chi connectivity index (χ3v) is 4.81. The van der Waals surface area contributed by atoms with Crippen molar-refractivity contribution in [3.8, 4) is 5.69 Å². The minimum atomic E-state index is -0.0989. The minimum absolute atomic E-state index is 0.0989. The van der Waals surface area contributed by atoms with Gasteiger partial charge in [-0.2, -0.15) is 5.10 Å². The first-order valence-electron chi connectivity index (χ1n) is 9.42. The molecular formula is C22H25ClN4O. The number of nitrogens with one attached hydrogen (secondary N) is 1. The van der Waals surface area contributed by atoms with Crippen molar-refractivity contribution in [3.63, 3.8) is 0 Å². The Morgan fingerprint density at radius 1 is 1.18 bits per heavy atom. The summed E-state index contributed by atoms with van der Waals surface area (Å²) < 4.78 is 1.78. The average molecular weight is 397 g/mol. The maximum absolute atomic E-state index is 12.7. The molecule has 1 N–H and O–H groups in total. The van der Waals surface area contributed by atoms with E-state index in [9.17, 15) is 4.79 Å². The second-order valence-corrected chi connectivity index (χ2v) is 7.17. The fourth-order valence-corrected chi connectivity index (χ4v) is 3.35. The van der Waals surface area contributed by atoms with Crippen molar-refractivity contribution in [2.45, 2.75) is 19.9 Å². The Hall–Kier alpha value is -2.63. The zero-order chi connectivity index (χ0) is 19.9. The maximum atomic E-state index is 12.7. The monoisotopic (exact) mass is 396 g/mol. The lowest BCUT2D eigenvalue weighted by Crippen LogP contribution is -2.33. The molecule has 0 aliphatic heterocycles. The van der Waals surface area contributed by atoms with Crippen LogP contribution in [0, 0.1) is 0 Å². The molecule has 3 aromatic rings. The van der Waals surface area contributed by atoms with E-state index < -0.39 is 0 Å². The van der Waals surface area contributed by atoms with Crippen molar-refractivity contribution in [1.82, 2.24) is 20.0 Å². The number of benzene rings is 2. The third-order valence-electron chi connectivity index (χ3n) is 4.58. The highest BCUT2D eigenvalue weighted by Crippen LogP contribution is 2.19. The normalized spacial score (nSPS) is 11.0. The lowest BCUT2D eigenvalue weighted by molar-refractivity contribution is 0.0948. The van der Waals surface area contributed by atoms with E-state index in [2.05, 4.69) is 27.4 Å². The Morgan fingerprint density at radius 2 is 1.96 bits per heavy atom. The molecule has 0 unspecified atom stereocenters. The van der Waals surface area contributed by atoms with Crippen LogP contribution in [0.4, 0.5) is 0 Å². The van der Waals surface area contributed by atoms with Gasteiger partial charge >= 0.3 is 0 Å². The fraction of sp³-hybridized carbons (Fsp3) is 0.273. The largest absolute Gasteiger partial charge is 0.351 e. The summed E-state index contributed by atoms with van der Waals surface area (Å²) in [6.07, 6.45) is 2.33. The zero-order valence-corrected chi connectivity index (χ0v) is 17.0. The number of hydrogen-bond donors (Lipinski definition) is 1. The van der Waals surface area contributed by atoms with E-state index in [0.29, 0.717) is 23.6 Å². The van der Waals surface area contributed by atoms with Gasteiger partial charge in [-0.15, -0.1) is 0 Å². The van der Waals surface area contributed by atoms with Gasteiger partial charge in [0, 0.05) is 24.7 Å². The smallest absolute Gasteiger partial charge is 0.254 e. The van der Waals surface area contributed by atoms with Crippen LogP contribution in [0.15, 0.2) is 60.8 Å². The molecule has 0 radical (unpaired) electrons. The van der Waals surface area contributed by atoms with E-state index >= 15 is 0 Å². The van der Waals surface area contributed by atoms with Crippen molar-refractivity contribution >= 4 is 17.5 Å². The highest BCUT2D eigenvalue weighted by molar-refractivity contribution is 6.30. The summed E-state index contributed by atoms with van der Waals surface area (Å²) in [5.74, 6) is -0.0989. The van der Waals surface area contributed by atoms with Gasteiger partial charge in [-0.3, -0.25) is 4.79 Å². The second-order valence-electron chi connectivity index (χ2n) is 6.73. The molecule has 5 nitrogen and oxygen atoms in total. The van der Waals surface area contributed by atoms with Gasteiger partial charge in [0.1, 0.15) is 0 Å². The summed E-state index contributed by atoms with van der Waals surface area (Å²) in [5.41, 5.74) is 3.59. The average Bonchev–Trinajstić information content (AvgIpc) is 3.13. The topological polar surface area (TPSA) is 50.2 Å². The molecule has 0 atom stereocenters. The molecule has 1 heterocycles. The molecule has 146 valence electrons. The van der Waals surface area contributed by atoms with Crippen molar-refractivity contribution in [1.29, 1.82) is 0 Å². The number of carbonyl (C=O) groups is 1. The van der Waals surface area contributed by atoms with Crippen LogP contribution in [0.25, 0.3) is 5.69 Å². The van der Waals surface area contributed by atoms with Gasteiger partial charge in [0.25, 0.3) is 5.91 Å². The molecule has 0 aliphatic rings. The molecular weight excluding hydrogens is 372 g/mol. The number of rotatable bonds is 8. The summed E-state index contributed by atoms with van der Waals surface area (Å²) in [4.78, 5) is 14.9. The minimum Gasteiger partial charge on any atom is -0.351 e. The van der Waals surface area contributed by atoms with Crippen molar-refractivity contribution in [2.24, 2.45) is 0 Å². The Labute approximate surface area is 170 Å². The Morgan fingerprint density at radius 3 is 2.68 bits per heavy atom. The molecule has 0 saturated carbocycles. The number of halogens is 1. The summed E-state index contributed by atoms with van der Waals surface area (Å²) >= 11 is 6.09. The maximum Gasteiger partial charge on any atom is 0.254 e. The highest BCUT2D eigenvalue weighted by atomic mass is 35.5. The van der Waals surface area contributed by atoms with Crippen molar-refractivity contribution < 1.29 is 4.79 Å². The molecule has 3 rings (SSSR count). The van der Waals surface area contributed by atoms with E-state index in [1.807, 2.05) is 56.4 Å². The Bertz CT molecular complexity index is 923. The van der Waals surface area contributed by atoms with E-state index in [0.717, 1.165) is 24.5 Å². The van der Waals surface area contributed by atoms with E-state index in [-0.39, 0.29) is 5.91 Å². The number of amides is 1. The molecule has 28 heavy (non-hydrogen) atoms. The Balaban J connectivity index is 1.60. The molecule has 0 aliphatic carbocycles. The van der Waals surface area contributed by atoms with Crippen LogP contribution in [0.5, 0.6) is 0 Å². The first-order valence-corrected chi connectivity index (χ1v) is 9.79. The fourth-order valence-electron chi connectivity index (χ4n) is 3.16. The van der Waals surface area contributed by atoms with Crippen LogP contribution in [0.1, 0.15) is 28.5 Å². The number of hydrogen-bond acceptors (Lipinski definition) is 3. The summed E-state index contributed by atoms with van der Waals surface area (Å²) in [7, 11) is 2.05. The lowest BCUT2D eigenvalue weighted by Gasteiger charge is -2.17. The lowest BCUT2D eigenvalue weighted by atomic mass is 10.2. The first kappa shape index (κ1) is 20.1. The predicted octanol–water partition coefficient (Wildman–Crippen LogP) is 3.95. The van der Waals surface area contributed by atoms with Gasteiger partial charge < -0.3 is 10.2 Å². The predicted molar refractivity (Wildman–Crippen MR) is 113 cm³/mol. The van der Waals surface area contributed by atoms with Gasteiger partial charge in [0.05, 0.1) is 23.1 Å². The number of carbonyl (C=O) groups excluding carboxylic acids is 1. The van der Waals surface area contributed by atoms with Crippen LogP contribution < -0.4 is 5.32 Å². The number of likely N-dealkylation sites (N-methyl/N-ethyl adjacent to an activating group) is 1. The van der Waals surface area contributed by atoms with Gasteiger partial charge in [-0.25, -0.2) is 4.68 Å². The summed E-state index contributed by atoms with van der Waals surface area (Å²) in [5, 5.41) is 8.05. The van der Waals surface area contributed by atoms with Gasteiger partial charge in [-0.05, 0) is 37.2 Å². The van der Waals surface area contributed by atoms with Crippen molar-refractivity contribution in [2.75, 3.05) is 20.1 Å². The van der Waals surface area contributed by atoms with Gasteiger partial charge in [0.2, 0.25) is 0 Å². The quantitative estimate of drug-likeness (QED) is 0.627. The summed E-state index contributed by atoms with van der Waals surface area (Å²) in [6, 6.07) is 17.8. The highest BCUT2D eigenvalue weighted by Gasteiger charge is 2.17. The van der Waals surface area contributed by atoms with Crippen LogP contribution in [0.2, 0.25) is 5.02 Å². The summed E-state index contributed by atoms with van der Waals surface area (Å²) in [6.45, 7) is 4.21. The first-order chi connectivity index (χ1) is 13.6. The van der Waals surface area contributed by atoms with E-state index in [4.69, 9.17) is 11.6 Å².